The predicted molar refractivity (Wildman–Crippen MR) is 53.4 cm³/mol. The minimum atomic E-state index is -0.359. The van der Waals surface area contributed by atoms with Gasteiger partial charge in [-0.2, -0.15) is 0 Å². The van der Waals surface area contributed by atoms with Gasteiger partial charge in [-0.15, -0.1) is 11.8 Å². The molecule has 1 aromatic rings. The molecule has 0 saturated carbocycles. The fourth-order valence-corrected chi connectivity index (χ4v) is 1.78. The van der Waals surface area contributed by atoms with E-state index < -0.39 is 0 Å². The Hall–Kier alpha value is -0.740. The van der Waals surface area contributed by atoms with Crippen molar-refractivity contribution in [3.05, 3.63) is 24.0 Å². The first-order chi connectivity index (χ1) is 6.25. The molecular formula is C9H12FNOS. The van der Waals surface area contributed by atoms with Gasteiger partial charge in [-0.05, 0) is 12.1 Å². The summed E-state index contributed by atoms with van der Waals surface area (Å²) in [5.74, 6) is 0.423. The molecule has 0 saturated heterocycles. The van der Waals surface area contributed by atoms with Gasteiger partial charge < -0.3 is 10.5 Å². The lowest BCUT2D eigenvalue weighted by Gasteiger charge is -2.04. The lowest BCUT2D eigenvalue weighted by atomic mass is 10.3. The van der Waals surface area contributed by atoms with Crippen LogP contribution in [0, 0.1) is 5.82 Å². The summed E-state index contributed by atoms with van der Waals surface area (Å²) in [4.78, 5) is 0.775. The van der Waals surface area contributed by atoms with Crippen LogP contribution in [-0.2, 0) is 4.74 Å². The number of halogens is 1. The molecule has 1 rings (SSSR count). The van der Waals surface area contributed by atoms with Crippen molar-refractivity contribution < 1.29 is 9.13 Å². The summed E-state index contributed by atoms with van der Waals surface area (Å²) in [5, 5.41) is 0. The van der Waals surface area contributed by atoms with E-state index >= 15 is 0 Å². The van der Waals surface area contributed by atoms with Crippen molar-refractivity contribution in [1.29, 1.82) is 0 Å². The van der Waals surface area contributed by atoms with E-state index in [2.05, 4.69) is 0 Å². The van der Waals surface area contributed by atoms with Gasteiger partial charge in [0.25, 0.3) is 0 Å². The van der Waals surface area contributed by atoms with Crippen LogP contribution in [0.25, 0.3) is 0 Å². The van der Waals surface area contributed by atoms with E-state index in [-0.39, 0.29) is 11.5 Å². The summed E-state index contributed by atoms with van der Waals surface area (Å²) in [5.41, 5.74) is 5.75. The highest BCUT2D eigenvalue weighted by molar-refractivity contribution is 7.99. The average Bonchev–Trinajstić information content (AvgIpc) is 2.13. The molecule has 0 spiro atoms. The molecular weight excluding hydrogens is 189 g/mol. The van der Waals surface area contributed by atoms with Crippen LogP contribution in [0.3, 0.4) is 0 Å². The SMILES string of the molecule is COCCSc1cccc(F)c1N. The largest absolute Gasteiger partial charge is 0.395 e. The van der Waals surface area contributed by atoms with Gasteiger partial charge in [-0.3, -0.25) is 0 Å². The van der Waals surface area contributed by atoms with Crippen LogP contribution in [0.15, 0.2) is 23.1 Å². The van der Waals surface area contributed by atoms with Crippen molar-refractivity contribution in [2.75, 3.05) is 25.2 Å². The minimum Gasteiger partial charge on any atom is -0.395 e. The van der Waals surface area contributed by atoms with Crippen molar-refractivity contribution in [1.82, 2.24) is 0 Å². The standard InChI is InChI=1S/C9H12FNOS/c1-12-5-6-13-8-4-2-3-7(10)9(8)11/h2-4H,5-6,11H2,1H3. The van der Waals surface area contributed by atoms with Gasteiger partial charge in [-0.25, -0.2) is 4.39 Å². The van der Waals surface area contributed by atoms with Crippen LogP contribution in [-0.4, -0.2) is 19.5 Å². The number of para-hydroxylation sites is 1. The highest BCUT2D eigenvalue weighted by Gasteiger charge is 2.03. The molecule has 4 heteroatoms. The second-order valence-electron chi connectivity index (χ2n) is 2.49. The number of nitrogen functional groups attached to an aromatic ring is 1. The molecule has 1 aromatic carbocycles. The second kappa shape index (κ2) is 5.09. The molecule has 0 aromatic heterocycles. The van der Waals surface area contributed by atoms with Crippen LogP contribution in [0.2, 0.25) is 0 Å². The molecule has 0 atom stereocenters. The molecule has 0 unspecified atom stereocenters. The number of anilines is 1. The molecule has 0 radical (unpaired) electrons. The van der Waals surface area contributed by atoms with Crippen LogP contribution in [0.4, 0.5) is 10.1 Å². The molecule has 0 amide bonds. The Morgan fingerprint density at radius 2 is 2.31 bits per heavy atom. The highest BCUT2D eigenvalue weighted by atomic mass is 32.2. The van der Waals surface area contributed by atoms with E-state index in [9.17, 15) is 4.39 Å². The molecule has 0 aliphatic heterocycles. The van der Waals surface area contributed by atoms with Gasteiger partial charge in [0.05, 0.1) is 12.3 Å². The number of nitrogens with two attached hydrogens (primary N) is 1. The predicted octanol–water partition coefficient (Wildman–Crippen LogP) is 2.15. The summed E-state index contributed by atoms with van der Waals surface area (Å²) in [6.07, 6.45) is 0. The molecule has 0 bridgehead atoms. The number of hydrogen-bond donors (Lipinski definition) is 1. The first-order valence-electron chi connectivity index (χ1n) is 3.91. The van der Waals surface area contributed by atoms with E-state index in [0.29, 0.717) is 6.61 Å². The van der Waals surface area contributed by atoms with Gasteiger partial charge in [0.2, 0.25) is 0 Å². The molecule has 0 aliphatic carbocycles. The Bertz CT molecular complexity index is 280. The van der Waals surface area contributed by atoms with Gasteiger partial charge in [-0.1, -0.05) is 6.07 Å². The summed E-state index contributed by atoms with van der Waals surface area (Å²) in [7, 11) is 1.63. The Morgan fingerprint density at radius 1 is 1.54 bits per heavy atom. The zero-order chi connectivity index (χ0) is 9.68. The number of benzene rings is 1. The highest BCUT2D eigenvalue weighted by Crippen LogP contribution is 2.26. The third-order valence-electron chi connectivity index (χ3n) is 1.56. The smallest absolute Gasteiger partial charge is 0.147 e. The number of methoxy groups -OCH3 is 1. The van der Waals surface area contributed by atoms with E-state index in [1.165, 1.54) is 17.8 Å². The number of hydrogen-bond acceptors (Lipinski definition) is 3. The van der Waals surface area contributed by atoms with Crippen molar-refractivity contribution in [2.45, 2.75) is 4.90 Å². The van der Waals surface area contributed by atoms with E-state index in [0.717, 1.165) is 10.6 Å². The monoisotopic (exact) mass is 201 g/mol. The minimum absolute atomic E-state index is 0.226. The fraction of sp³-hybridized carbons (Fsp3) is 0.333. The first kappa shape index (κ1) is 10.3. The molecule has 72 valence electrons. The van der Waals surface area contributed by atoms with Crippen LogP contribution < -0.4 is 5.73 Å². The first-order valence-corrected chi connectivity index (χ1v) is 4.90. The zero-order valence-corrected chi connectivity index (χ0v) is 8.23. The quantitative estimate of drug-likeness (QED) is 0.460. The second-order valence-corrected chi connectivity index (χ2v) is 3.63. The third-order valence-corrected chi connectivity index (χ3v) is 2.60. The molecule has 13 heavy (non-hydrogen) atoms. The third kappa shape index (κ3) is 2.90. The van der Waals surface area contributed by atoms with E-state index in [1.807, 2.05) is 0 Å². The van der Waals surface area contributed by atoms with Gasteiger partial charge in [0.1, 0.15) is 5.82 Å². The van der Waals surface area contributed by atoms with Crippen molar-refractivity contribution >= 4 is 17.4 Å². The van der Waals surface area contributed by atoms with Crippen molar-refractivity contribution in [3.8, 4) is 0 Å². The van der Waals surface area contributed by atoms with Crippen LogP contribution in [0.5, 0.6) is 0 Å². The lowest BCUT2D eigenvalue weighted by molar-refractivity contribution is 0.218. The zero-order valence-electron chi connectivity index (χ0n) is 7.42. The van der Waals surface area contributed by atoms with Crippen LogP contribution in [0.1, 0.15) is 0 Å². The maximum absolute atomic E-state index is 12.9. The van der Waals surface area contributed by atoms with Crippen molar-refractivity contribution in [2.24, 2.45) is 0 Å². The molecule has 0 aliphatic rings. The van der Waals surface area contributed by atoms with Gasteiger partial charge in [0.15, 0.2) is 0 Å². The van der Waals surface area contributed by atoms with Crippen LogP contribution >= 0.6 is 11.8 Å². The Labute approximate surface area is 81.3 Å². The normalized spacial score (nSPS) is 10.3. The fourth-order valence-electron chi connectivity index (χ4n) is 0.878. The Kier molecular flexibility index (Phi) is 4.05. The molecule has 0 heterocycles. The number of ether oxygens (including phenoxy) is 1. The average molecular weight is 201 g/mol. The molecule has 2 nitrogen and oxygen atoms in total. The molecule has 0 fully saturated rings. The van der Waals surface area contributed by atoms with Crippen molar-refractivity contribution in [3.63, 3.8) is 0 Å². The maximum Gasteiger partial charge on any atom is 0.147 e. The number of thioether (sulfide) groups is 1. The van der Waals surface area contributed by atoms with E-state index in [1.54, 1.807) is 19.2 Å². The van der Waals surface area contributed by atoms with E-state index in [4.69, 9.17) is 10.5 Å². The Morgan fingerprint density at radius 3 is 3.00 bits per heavy atom. The Balaban J connectivity index is 2.61. The summed E-state index contributed by atoms with van der Waals surface area (Å²) < 4.78 is 17.8. The molecule has 2 N–H and O–H groups in total. The number of rotatable bonds is 4. The summed E-state index contributed by atoms with van der Waals surface area (Å²) in [6.45, 7) is 0.640. The lowest BCUT2D eigenvalue weighted by Crippen LogP contribution is -1.96. The topological polar surface area (TPSA) is 35.2 Å². The van der Waals surface area contributed by atoms with Gasteiger partial charge in [0, 0.05) is 17.8 Å². The summed E-state index contributed by atoms with van der Waals surface area (Å²) in [6, 6.07) is 4.81. The summed E-state index contributed by atoms with van der Waals surface area (Å²) >= 11 is 1.50. The van der Waals surface area contributed by atoms with Gasteiger partial charge >= 0.3 is 0 Å². The maximum atomic E-state index is 12.9.